The first-order chi connectivity index (χ1) is 8.70. The number of hydrogen-bond acceptors (Lipinski definition) is 2. The molecule has 2 heteroatoms. The van der Waals surface area contributed by atoms with Gasteiger partial charge in [0, 0.05) is 6.54 Å². The van der Waals surface area contributed by atoms with Gasteiger partial charge in [-0.15, -0.1) is 0 Å². The number of rotatable bonds is 5. The Hall–Kier alpha value is -1.38. The molecule has 1 N–H and O–H groups in total. The first kappa shape index (κ1) is 13.1. The minimum atomic E-state index is 0.111. The molecule has 96 valence electrons. The van der Waals surface area contributed by atoms with E-state index in [9.17, 15) is 0 Å². The average Bonchev–Trinajstić information content (AvgIpc) is 2.37. The third kappa shape index (κ3) is 3.09. The second-order valence-corrected chi connectivity index (χ2v) is 4.84. The molecule has 0 saturated heterocycles. The zero-order valence-electron chi connectivity index (χ0n) is 11.3. The first-order valence-electron chi connectivity index (χ1n) is 6.49. The molecule has 2 nitrogen and oxygen atoms in total. The predicted octanol–water partition coefficient (Wildman–Crippen LogP) is 3.53. The van der Waals surface area contributed by atoms with Gasteiger partial charge in [-0.05, 0) is 43.3 Å². The van der Waals surface area contributed by atoms with Crippen molar-refractivity contribution in [3.63, 3.8) is 0 Å². The molecule has 0 fully saturated rings. The smallest absolute Gasteiger partial charge is 0.0952 e. The third-order valence-electron chi connectivity index (χ3n) is 2.97. The molecule has 2 rings (SSSR count). The van der Waals surface area contributed by atoms with Gasteiger partial charge in [0.25, 0.3) is 0 Å². The van der Waals surface area contributed by atoms with Crippen LogP contribution in [0.2, 0.25) is 0 Å². The van der Waals surface area contributed by atoms with Gasteiger partial charge < -0.3 is 10.1 Å². The number of ether oxygens (including phenoxy) is 1. The lowest BCUT2D eigenvalue weighted by atomic mass is 10.0. The van der Waals surface area contributed by atoms with Crippen LogP contribution in [0.25, 0.3) is 10.8 Å². The number of likely N-dealkylation sites (N-methyl/N-ethyl adjacent to an activating group) is 1. The van der Waals surface area contributed by atoms with Crippen LogP contribution in [0.4, 0.5) is 0 Å². The maximum absolute atomic E-state index is 5.96. The van der Waals surface area contributed by atoms with Crippen LogP contribution in [0.15, 0.2) is 42.5 Å². The molecule has 2 aromatic carbocycles. The van der Waals surface area contributed by atoms with E-state index in [4.69, 9.17) is 4.74 Å². The first-order valence-corrected chi connectivity index (χ1v) is 6.49. The summed E-state index contributed by atoms with van der Waals surface area (Å²) in [5, 5.41) is 5.73. The van der Waals surface area contributed by atoms with Crippen molar-refractivity contribution in [2.24, 2.45) is 0 Å². The van der Waals surface area contributed by atoms with Gasteiger partial charge in [0.1, 0.15) is 0 Å². The van der Waals surface area contributed by atoms with E-state index < -0.39 is 0 Å². The molecule has 0 spiro atoms. The fourth-order valence-corrected chi connectivity index (χ4v) is 2.17. The SMILES string of the molecule is CNC[C@@H](OC(C)C)c1ccc2ccccc2c1. The highest BCUT2D eigenvalue weighted by atomic mass is 16.5. The zero-order chi connectivity index (χ0) is 13.0. The Balaban J connectivity index is 2.31. The second-order valence-electron chi connectivity index (χ2n) is 4.84. The Morgan fingerprint density at radius 1 is 1.06 bits per heavy atom. The van der Waals surface area contributed by atoms with Crippen LogP contribution in [-0.2, 0) is 4.74 Å². The molecule has 0 aliphatic carbocycles. The Morgan fingerprint density at radius 2 is 1.78 bits per heavy atom. The molecule has 0 amide bonds. The van der Waals surface area contributed by atoms with Crippen LogP contribution in [0.1, 0.15) is 25.5 Å². The van der Waals surface area contributed by atoms with Crippen molar-refractivity contribution in [1.29, 1.82) is 0 Å². The van der Waals surface area contributed by atoms with Crippen molar-refractivity contribution in [2.45, 2.75) is 26.1 Å². The molecule has 1 atom stereocenters. The monoisotopic (exact) mass is 243 g/mol. The normalized spacial score (nSPS) is 13.1. The van der Waals surface area contributed by atoms with Crippen LogP contribution < -0.4 is 5.32 Å². The summed E-state index contributed by atoms with van der Waals surface area (Å²) in [6, 6.07) is 15.0. The van der Waals surface area contributed by atoms with Crippen LogP contribution in [-0.4, -0.2) is 19.7 Å². The Bertz CT molecular complexity index is 507. The second kappa shape index (κ2) is 5.98. The van der Waals surface area contributed by atoms with Gasteiger partial charge in [0.05, 0.1) is 12.2 Å². The Kier molecular flexibility index (Phi) is 4.34. The standard InChI is InChI=1S/C16H21NO/c1-12(2)18-16(11-17-3)15-9-8-13-6-4-5-7-14(13)10-15/h4-10,12,16-17H,11H2,1-3H3/t16-/m1/s1. The molecule has 0 aliphatic heterocycles. The average molecular weight is 243 g/mol. The van der Waals surface area contributed by atoms with Crippen molar-refractivity contribution in [3.05, 3.63) is 48.0 Å². The molecule has 0 aromatic heterocycles. The lowest BCUT2D eigenvalue weighted by molar-refractivity contribution is 0.00821. The summed E-state index contributed by atoms with van der Waals surface area (Å²) in [5.41, 5.74) is 1.23. The maximum Gasteiger partial charge on any atom is 0.0952 e. The van der Waals surface area contributed by atoms with Crippen molar-refractivity contribution < 1.29 is 4.74 Å². The van der Waals surface area contributed by atoms with Crippen LogP contribution in [0.5, 0.6) is 0 Å². The largest absolute Gasteiger partial charge is 0.370 e. The molecule has 0 radical (unpaired) electrons. The van der Waals surface area contributed by atoms with E-state index in [1.165, 1.54) is 16.3 Å². The van der Waals surface area contributed by atoms with Crippen molar-refractivity contribution in [3.8, 4) is 0 Å². The van der Waals surface area contributed by atoms with Gasteiger partial charge in [0.15, 0.2) is 0 Å². The van der Waals surface area contributed by atoms with Crippen molar-refractivity contribution in [1.82, 2.24) is 5.32 Å². The third-order valence-corrected chi connectivity index (χ3v) is 2.97. The van der Waals surface area contributed by atoms with Gasteiger partial charge in [-0.2, -0.15) is 0 Å². The minimum Gasteiger partial charge on any atom is -0.370 e. The number of fused-ring (bicyclic) bond motifs is 1. The molecule has 0 unspecified atom stereocenters. The lowest BCUT2D eigenvalue weighted by Crippen LogP contribution is -2.22. The summed E-state index contributed by atoms with van der Waals surface area (Å²) in [7, 11) is 1.96. The number of benzene rings is 2. The molecular weight excluding hydrogens is 222 g/mol. The highest BCUT2D eigenvalue weighted by molar-refractivity contribution is 5.83. The fraction of sp³-hybridized carbons (Fsp3) is 0.375. The molecule has 18 heavy (non-hydrogen) atoms. The quantitative estimate of drug-likeness (QED) is 0.867. The molecule has 0 saturated carbocycles. The summed E-state index contributed by atoms with van der Waals surface area (Å²) in [6.07, 6.45) is 0.342. The summed E-state index contributed by atoms with van der Waals surface area (Å²) in [5.74, 6) is 0. The minimum absolute atomic E-state index is 0.111. The molecular formula is C16H21NO. The predicted molar refractivity (Wildman–Crippen MR) is 76.8 cm³/mol. The van der Waals surface area contributed by atoms with E-state index in [1.807, 2.05) is 7.05 Å². The van der Waals surface area contributed by atoms with Crippen molar-refractivity contribution >= 4 is 10.8 Å². The number of hydrogen-bond donors (Lipinski definition) is 1. The summed E-state index contributed by atoms with van der Waals surface area (Å²) >= 11 is 0. The highest BCUT2D eigenvalue weighted by Gasteiger charge is 2.13. The van der Waals surface area contributed by atoms with Crippen LogP contribution >= 0.6 is 0 Å². The van der Waals surface area contributed by atoms with Crippen LogP contribution in [0.3, 0.4) is 0 Å². The number of nitrogens with one attached hydrogen (secondary N) is 1. The molecule has 0 aliphatic rings. The maximum atomic E-state index is 5.96. The molecule has 0 heterocycles. The van der Waals surface area contributed by atoms with Gasteiger partial charge in [-0.1, -0.05) is 36.4 Å². The van der Waals surface area contributed by atoms with Crippen LogP contribution in [0, 0.1) is 0 Å². The summed E-state index contributed by atoms with van der Waals surface area (Å²) < 4.78 is 5.96. The fourth-order valence-electron chi connectivity index (χ4n) is 2.17. The Labute approximate surface area is 109 Å². The van der Waals surface area contributed by atoms with E-state index in [2.05, 4.69) is 61.6 Å². The van der Waals surface area contributed by atoms with Gasteiger partial charge in [0.2, 0.25) is 0 Å². The molecule has 0 bridgehead atoms. The van der Waals surface area contributed by atoms with E-state index in [1.54, 1.807) is 0 Å². The lowest BCUT2D eigenvalue weighted by Gasteiger charge is -2.21. The van der Waals surface area contributed by atoms with Crippen molar-refractivity contribution in [2.75, 3.05) is 13.6 Å². The van der Waals surface area contributed by atoms with Gasteiger partial charge in [-0.25, -0.2) is 0 Å². The van der Waals surface area contributed by atoms with E-state index >= 15 is 0 Å². The van der Waals surface area contributed by atoms with Gasteiger partial charge in [-0.3, -0.25) is 0 Å². The topological polar surface area (TPSA) is 21.3 Å². The summed E-state index contributed by atoms with van der Waals surface area (Å²) in [4.78, 5) is 0. The Morgan fingerprint density at radius 3 is 2.44 bits per heavy atom. The summed E-state index contributed by atoms with van der Waals surface area (Å²) in [6.45, 7) is 4.98. The highest BCUT2D eigenvalue weighted by Crippen LogP contribution is 2.23. The van der Waals surface area contributed by atoms with E-state index in [0.717, 1.165) is 6.54 Å². The van der Waals surface area contributed by atoms with Gasteiger partial charge >= 0.3 is 0 Å². The molecule has 2 aromatic rings. The van der Waals surface area contributed by atoms with E-state index in [0.29, 0.717) is 0 Å². The zero-order valence-corrected chi connectivity index (χ0v) is 11.3. The van der Waals surface area contributed by atoms with E-state index in [-0.39, 0.29) is 12.2 Å².